The van der Waals surface area contributed by atoms with E-state index in [4.69, 9.17) is 0 Å². The highest BCUT2D eigenvalue weighted by Crippen LogP contribution is 2.09. The molecule has 1 rings (SSSR count). The highest BCUT2D eigenvalue weighted by Gasteiger charge is 2.18. The SMILES string of the molecule is CCCCCC=CCC1=CC(=O)NC1=O. The lowest BCUT2D eigenvalue weighted by atomic mass is 10.1. The second kappa shape index (κ2) is 6.17. The van der Waals surface area contributed by atoms with E-state index in [1.807, 2.05) is 6.08 Å². The minimum atomic E-state index is -0.297. The van der Waals surface area contributed by atoms with E-state index in [1.165, 1.54) is 25.3 Å². The van der Waals surface area contributed by atoms with Crippen LogP contribution in [0.15, 0.2) is 23.8 Å². The van der Waals surface area contributed by atoms with Crippen LogP contribution >= 0.6 is 0 Å². The first-order valence-electron chi connectivity index (χ1n) is 5.45. The fourth-order valence-electron chi connectivity index (χ4n) is 1.44. The van der Waals surface area contributed by atoms with Crippen molar-refractivity contribution in [1.29, 1.82) is 0 Å². The summed E-state index contributed by atoms with van der Waals surface area (Å²) in [6.07, 6.45) is 10.7. The molecule has 1 heterocycles. The smallest absolute Gasteiger partial charge is 0.254 e. The van der Waals surface area contributed by atoms with Crippen LogP contribution in [0.25, 0.3) is 0 Å². The molecule has 0 aromatic rings. The average Bonchev–Trinajstić information content (AvgIpc) is 2.51. The van der Waals surface area contributed by atoms with E-state index in [0.717, 1.165) is 6.42 Å². The molecule has 0 spiro atoms. The van der Waals surface area contributed by atoms with Gasteiger partial charge in [-0.25, -0.2) is 0 Å². The van der Waals surface area contributed by atoms with Gasteiger partial charge in [0, 0.05) is 11.6 Å². The third-order valence-electron chi connectivity index (χ3n) is 2.31. The van der Waals surface area contributed by atoms with Gasteiger partial charge in [0.25, 0.3) is 11.8 Å². The molecule has 1 aliphatic rings. The van der Waals surface area contributed by atoms with Crippen molar-refractivity contribution < 1.29 is 9.59 Å². The summed E-state index contributed by atoms with van der Waals surface area (Å²) in [5.41, 5.74) is 0.562. The molecule has 82 valence electrons. The number of allylic oxidation sites excluding steroid dienone is 2. The van der Waals surface area contributed by atoms with Crippen LogP contribution in [0.3, 0.4) is 0 Å². The molecule has 0 bridgehead atoms. The summed E-state index contributed by atoms with van der Waals surface area (Å²) >= 11 is 0. The molecule has 2 amide bonds. The lowest BCUT2D eigenvalue weighted by Gasteiger charge is -1.94. The number of imide groups is 1. The van der Waals surface area contributed by atoms with E-state index < -0.39 is 0 Å². The molecule has 3 heteroatoms. The number of hydrogen-bond donors (Lipinski definition) is 1. The topological polar surface area (TPSA) is 46.2 Å². The molecule has 0 fully saturated rings. The van der Waals surface area contributed by atoms with Gasteiger partial charge in [-0.05, 0) is 19.3 Å². The van der Waals surface area contributed by atoms with Crippen molar-refractivity contribution in [2.45, 2.75) is 39.0 Å². The predicted octanol–water partition coefficient (Wildman–Crippen LogP) is 2.10. The summed E-state index contributed by atoms with van der Waals surface area (Å²) < 4.78 is 0. The van der Waals surface area contributed by atoms with Crippen LogP contribution in [0.4, 0.5) is 0 Å². The number of carbonyl (C=O) groups excluding carboxylic acids is 2. The van der Waals surface area contributed by atoms with Crippen molar-refractivity contribution in [1.82, 2.24) is 5.32 Å². The standard InChI is InChI=1S/C12H17NO2/c1-2-3-4-5-6-7-8-10-9-11(14)13-12(10)15/h6-7,9H,2-5,8H2,1H3,(H,13,14,15). The molecule has 3 nitrogen and oxygen atoms in total. The number of hydrogen-bond acceptors (Lipinski definition) is 2. The number of nitrogens with one attached hydrogen (secondary N) is 1. The number of carbonyl (C=O) groups is 2. The Bertz CT molecular complexity index is 303. The summed E-state index contributed by atoms with van der Waals surface area (Å²) in [7, 11) is 0. The van der Waals surface area contributed by atoms with Crippen LogP contribution in [-0.2, 0) is 9.59 Å². The van der Waals surface area contributed by atoms with E-state index in [-0.39, 0.29) is 11.8 Å². The van der Waals surface area contributed by atoms with Gasteiger partial charge in [-0.15, -0.1) is 0 Å². The van der Waals surface area contributed by atoms with Crippen LogP contribution in [0.5, 0.6) is 0 Å². The normalized spacial score (nSPS) is 15.9. The summed E-state index contributed by atoms with van der Waals surface area (Å²) in [5, 5.41) is 2.22. The maximum absolute atomic E-state index is 11.1. The summed E-state index contributed by atoms with van der Waals surface area (Å²) in [4.78, 5) is 21.9. The van der Waals surface area contributed by atoms with Gasteiger partial charge in [-0.3, -0.25) is 14.9 Å². The van der Waals surface area contributed by atoms with Gasteiger partial charge >= 0.3 is 0 Å². The van der Waals surface area contributed by atoms with Crippen LogP contribution in [-0.4, -0.2) is 11.8 Å². The van der Waals surface area contributed by atoms with Gasteiger partial charge in [0.2, 0.25) is 0 Å². The molecular formula is C12H17NO2. The van der Waals surface area contributed by atoms with Crippen molar-refractivity contribution >= 4 is 11.8 Å². The van der Waals surface area contributed by atoms with Gasteiger partial charge in [-0.1, -0.05) is 31.9 Å². The zero-order valence-corrected chi connectivity index (χ0v) is 9.08. The first kappa shape index (κ1) is 11.7. The number of rotatable bonds is 6. The van der Waals surface area contributed by atoms with Crippen LogP contribution in [0.1, 0.15) is 39.0 Å². The summed E-state index contributed by atoms with van der Waals surface area (Å²) in [6, 6.07) is 0. The van der Waals surface area contributed by atoms with E-state index in [1.54, 1.807) is 0 Å². The molecule has 0 atom stereocenters. The fourth-order valence-corrected chi connectivity index (χ4v) is 1.44. The molecule has 0 aromatic heterocycles. The minimum Gasteiger partial charge on any atom is -0.289 e. The van der Waals surface area contributed by atoms with Crippen LogP contribution in [0.2, 0.25) is 0 Å². The number of amides is 2. The molecule has 1 aliphatic heterocycles. The van der Waals surface area contributed by atoms with Crippen molar-refractivity contribution in [2.75, 3.05) is 0 Å². The Kier molecular flexibility index (Phi) is 4.81. The molecule has 0 radical (unpaired) electrons. The third-order valence-corrected chi connectivity index (χ3v) is 2.31. The molecule has 1 N–H and O–H groups in total. The Morgan fingerprint density at radius 1 is 1.27 bits per heavy atom. The molecular weight excluding hydrogens is 190 g/mol. The molecule has 0 aliphatic carbocycles. The van der Waals surface area contributed by atoms with E-state index in [2.05, 4.69) is 18.3 Å². The second-order valence-corrected chi connectivity index (χ2v) is 3.66. The van der Waals surface area contributed by atoms with Crippen molar-refractivity contribution in [2.24, 2.45) is 0 Å². The number of unbranched alkanes of at least 4 members (excludes halogenated alkanes) is 3. The van der Waals surface area contributed by atoms with Crippen molar-refractivity contribution in [3.8, 4) is 0 Å². The van der Waals surface area contributed by atoms with Gasteiger partial charge < -0.3 is 0 Å². The average molecular weight is 207 g/mol. The van der Waals surface area contributed by atoms with E-state index in [9.17, 15) is 9.59 Å². The lowest BCUT2D eigenvalue weighted by Crippen LogP contribution is -2.21. The minimum absolute atomic E-state index is 0.252. The molecule has 0 saturated carbocycles. The fraction of sp³-hybridized carbons (Fsp3) is 0.500. The van der Waals surface area contributed by atoms with E-state index in [0.29, 0.717) is 12.0 Å². The molecule has 15 heavy (non-hydrogen) atoms. The maximum Gasteiger partial charge on any atom is 0.254 e. The highest BCUT2D eigenvalue weighted by molar-refractivity contribution is 6.16. The largest absolute Gasteiger partial charge is 0.289 e. The second-order valence-electron chi connectivity index (χ2n) is 3.66. The van der Waals surface area contributed by atoms with Crippen LogP contribution < -0.4 is 5.32 Å². The summed E-state index contributed by atoms with van der Waals surface area (Å²) in [5.74, 6) is -0.549. The third kappa shape index (κ3) is 4.11. The van der Waals surface area contributed by atoms with Crippen molar-refractivity contribution in [3.63, 3.8) is 0 Å². The maximum atomic E-state index is 11.1. The van der Waals surface area contributed by atoms with Gasteiger partial charge in [-0.2, -0.15) is 0 Å². The zero-order valence-electron chi connectivity index (χ0n) is 9.08. The Balaban J connectivity index is 2.22. The molecule has 0 saturated heterocycles. The first-order valence-corrected chi connectivity index (χ1v) is 5.45. The summed E-state index contributed by atoms with van der Waals surface area (Å²) in [6.45, 7) is 2.17. The first-order chi connectivity index (χ1) is 7.24. The Labute approximate surface area is 90.2 Å². The Morgan fingerprint density at radius 2 is 2.07 bits per heavy atom. The predicted molar refractivity (Wildman–Crippen MR) is 59.1 cm³/mol. The Morgan fingerprint density at radius 3 is 2.67 bits per heavy atom. The van der Waals surface area contributed by atoms with Gasteiger partial charge in [0.05, 0.1) is 0 Å². The van der Waals surface area contributed by atoms with E-state index >= 15 is 0 Å². The van der Waals surface area contributed by atoms with Gasteiger partial charge in [0.15, 0.2) is 0 Å². The van der Waals surface area contributed by atoms with Crippen molar-refractivity contribution in [3.05, 3.63) is 23.8 Å². The van der Waals surface area contributed by atoms with Gasteiger partial charge in [0.1, 0.15) is 0 Å². The quantitative estimate of drug-likeness (QED) is 0.412. The van der Waals surface area contributed by atoms with Crippen LogP contribution in [0, 0.1) is 0 Å². The zero-order chi connectivity index (χ0) is 11.1. The molecule has 0 aromatic carbocycles. The highest BCUT2D eigenvalue weighted by atomic mass is 16.2. The lowest BCUT2D eigenvalue weighted by molar-refractivity contribution is -0.123. The molecule has 0 unspecified atom stereocenters. The Hall–Kier alpha value is -1.38. The monoisotopic (exact) mass is 207 g/mol.